The van der Waals surface area contributed by atoms with E-state index in [9.17, 15) is 18.0 Å². The molecule has 1 amide bonds. The number of nitrogens with zero attached hydrogens (tertiary/aromatic N) is 3. The predicted octanol–water partition coefficient (Wildman–Crippen LogP) is 2.17. The van der Waals surface area contributed by atoms with Crippen molar-refractivity contribution in [2.45, 2.75) is 45.3 Å². The number of rotatable bonds is 5. The number of aromatic amines is 1. The van der Waals surface area contributed by atoms with Gasteiger partial charge in [-0.25, -0.2) is 4.98 Å². The number of carbonyl (C=O) groups is 1. The average molecular weight is 290 g/mol. The van der Waals surface area contributed by atoms with Crippen LogP contribution in [-0.2, 0) is 6.42 Å². The Morgan fingerprint density at radius 2 is 2.15 bits per heavy atom. The lowest BCUT2D eigenvalue weighted by atomic mass is 10.1. The number of aromatic nitrogens is 3. The summed E-state index contributed by atoms with van der Waals surface area (Å²) in [6.07, 6.45) is -2.17. The van der Waals surface area contributed by atoms with Crippen LogP contribution >= 0.6 is 0 Å². The van der Waals surface area contributed by atoms with E-state index in [4.69, 9.17) is 0 Å². The summed E-state index contributed by atoms with van der Waals surface area (Å²) in [5.74, 6) is -0.332. The Labute approximate surface area is 114 Å². The number of nitrogens with one attached hydrogen (secondary N) is 1. The maximum Gasteiger partial charge on any atom is 0.406 e. The van der Waals surface area contributed by atoms with E-state index in [-0.39, 0.29) is 11.7 Å². The topological polar surface area (TPSA) is 61.9 Å². The monoisotopic (exact) mass is 290 g/mol. The molecule has 1 aliphatic rings. The summed E-state index contributed by atoms with van der Waals surface area (Å²) in [5, 5.41) is 6.25. The van der Waals surface area contributed by atoms with Gasteiger partial charge >= 0.3 is 6.18 Å². The number of aryl methyl sites for hydroxylation is 1. The van der Waals surface area contributed by atoms with E-state index in [0.29, 0.717) is 12.2 Å². The summed E-state index contributed by atoms with van der Waals surface area (Å²) >= 11 is 0. The summed E-state index contributed by atoms with van der Waals surface area (Å²) < 4.78 is 38.0. The number of alkyl halides is 3. The normalized spacial score (nSPS) is 17.1. The van der Waals surface area contributed by atoms with Crippen molar-refractivity contribution >= 4 is 5.91 Å². The van der Waals surface area contributed by atoms with Crippen LogP contribution in [0.25, 0.3) is 0 Å². The number of hydrogen-bond donors (Lipinski definition) is 1. The Hall–Kier alpha value is -1.60. The van der Waals surface area contributed by atoms with Gasteiger partial charge in [-0.2, -0.15) is 13.2 Å². The maximum atomic E-state index is 12.7. The second-order valence-corrected chi connectivity index (χ2v) is 5.09. The van der Waals surface area contributed by atoms with Crippen molar-refractivity contribution in [3.8, 4) is 0 Å². The van der Waals surface area contributed by atoms with E-state index in [1.165, 1.54) is 0 Å². The van der Waals surface area contributed by atoms with Gasteiger partial charge in [0.25, 0.3) is 5.91 Å². The van der Waals surface area contributed by atoms with Gasteiger partial charge in [-0.15, -0.1) is 5.10 Å². The van der Waals surface area contributed by atoms with Crippen molar-refractivity contribution in [1.29, 1.82) is 0 Å². The van der Waals surface area contributed by atoms with Gasteiger partial charge in [0.05, 0.1) is 0 Å². The number of amides is 1. The lowest BCUT2D eigenvalue weighted by Crippen LogP contribution is -2.45. The molecule has 1 aromatic rings. The Kier molecular flexibility index (Phi) is 4.01. The second kappa shape index (κ2) is 5.41. The molecule has 1 aromatic heterocycles. The van der Waals surface area contributed by atoms with Crippen LogP contribution in [0.3, 0.4) is 0 Å². The van der Waals surface area contributed by atoms with E-state index >= 15 is 0 Å². The summed E-state index contributed by atoms with van der Waals surface area (Å²) in [5.41, 5.74) is 0. The molecular formula is C12H17F3N4O. The van der Waals surface area contributed by atoms with Gasteiger partial charge in [0, 0.05) is 12.5 Å². The molecule has 0 radical (unpaired) electrons. The minimum Gasteiger partial charge on any atom is -0.324 e. The first-order chi connectivity index (χ1) is 9.31. The molecular weight excluding hydrogens is 273 g/mol. The highest BCUT2D eigenvalue weighted by Crippen LogP contribution is 2.36. The summed E-state index contributed by atoms with van der Waals surface area (Å²) in [4.78, 5) is 17.0. The third-order valence-corrected chi connectivity index (χ3v) is 3.46. The van der Waals surface area contributed by atoms with Crippen molar-refractivity contribution < 1.29 is 18.0 Å². The third-order valence-electron chi connectivity index (χ3n) is 3.46. The quantitative estimate of drug-likeness (QED) is 0.904. The van der Waals surface area contributed by atoms with Gasteiger partial charge in [-0.1, -0.05) is 6.92 Å². The maximum absolute atomic E-state index is 12.7. The summed E-state index contributed by atoms with van der Waals surface area (Å²) in [6, 6.07) is -0.451. The zero-order chi connectivity index (χ0) is 14.9. The minimum atomic E-state index is -4.43. The zero-order valence-corrected chi connectivity index (χ0v) is 11.4. The van der Waals surface area contributed by atoms with Crippen LogP contribution in [0.1, 0.15) is 43.1 Å². The highest BCUT2D eigenvalue weighted by Gasteiger charge is 2.41. The number of hydrogen-bond acceptors (Lipinski definition) is 3. The average Bonchev–Trinajstić information content (AvgIpc) is 3.11. The summed E-state index contributed by atoms with van der Waals surface area (Å²) in [6.45, 7) is 2.20. The molecule has 1 unspecified atom stereocenters. The molecule has 1 aliphatic carbocycles. The van der Waals surface area contributed by atoms with Crippen LogP contribution in [0.5, 0.6) is 0 Å². The number of H-pyrrole nitrogens is 1. The lowest BCUT2D eigenvalue weighted by Gasteiger charge is -2.29. The molecule has 1 fully saturated rings. The van der Waals surface area contributed by atoms with E-state index in [1.807, 2.05) is 6.92 Å². The molecule has 5 nitrogen and oxygen atoms in total. The first kappa shape index (κ1) is 14.8. The van der Waals surface area contributed by atoms with Gasteiger partial charge in [0.15, 0.2) is 0 Å². The fraction of sp³-hybridized carbons (Fsp3) is 0.750. The second-order valence-electron chi connectivity index (χ2n) is 5.09. The van der Waals surface area contributed by atoms with Crippen LogP contribution in [0.2, 0.25) is 0 Å². The van der Waals surface area contributed by atoms with E-state index < -0.39 is 24.7 Å². The van der Waals surface area contributed by atoms with Crippen molar-refractivity contribution in [1.82, 2.24) is 20.1 Å². The van der Waals surface area contributed by atoms with Crippen LogP contribution in [-0.4, -0.2) is 44.8 Å². The van der Waals surface area contributed by atoms with Gasteiger partial charge in [-0.3, -0.25) is 9.89 Å². The SMILES string of the molecule is CCc1nc(C(=O)N(CC(F)(F)F)C(C)C2CC2)n[nH]1. The van der Waals surface area contributed by atoms with Crippen molar-refractivity contribution in [3.63, 3.8) is 0 Å². The molecule has 0 spiro atoms. The molecule has 20 heavy (non-hydrogen) atoms. The molecule has 1 heterocycles. The van der Waals surface area contributed by atoms with E-state index in [2.05, 4.69) is 15.2 Å². The Bertz CT molecular complexity index is 481. The molecule has 1 atom stereocenters. The number of carbonyl (C=O) groups excluding carboxylic acids is 1. The van der Waals surface area contributed by atoms with Gasteiger partial charge in [0.1, 0.15) is 12.4 Å². The molecule has 2 rings (SSSR count). The lowest BCUT2D eigenvalue weighted by molar-refractivity contribution is -0.144. The molecule has 112 valence electrons. The third kappa shape index (κ3) is 3.49. The number of halogens is 3. The standard InChI is InChI=1S/C12H17F3N4O/c1-3-9-16-10(18-17-9)11(20)19(6-12(13,14)15)7(2)8-4-5-8/h7-8H,3-6H2,1-2H3,(H,16,17,18). The fourth-order valence-corrected chi connectivity index (χ4v) is 2.10. The zero-order valence-electron chi connectivity index (χ0n) is 11.4. The van der Waals surface area contributed by atoms with Crippen LogP contribution in [0.15, 0.2) is 0 Å². The molecule has 8 heteroatoms. The van der Waals surface area contributed by atoms with Crippen molar-refractivity contribution in [3.05, 3.63) is 11.6 Å². The minimum absolute atomic E-state index is 0.144. The molecule has 1 saturated carbocycles. The largest absolute Gasteiger partial charge is 0.406 e. The molecule has 0 aliphatic heterocycles. The van der Waals surface area contributed by atoms with E-state index in [0.717, 1.165) is 17.7 Å². The molecule has 0 bridgehead atoms. The Balaban J connectivity index is 2.18. The summed E-state index contributed by atoms with van der Waals surface area (Å²) in [7, 11) is 0. The van der Waals surface area contributed by atoms with Gasteiger partial charge in [0.2, 0.25) is 5.82 Å². The molecule has 0 aromatic carbocycles. The fourth-order valence-electron chi connectivity index (χ4n) is 2.10. The van der Waals surface area contributed by atoms with Gasteiger partial charge in [-0.05, 0) is 25.7 Å². The van der Waals surface area contributed by atoms with Crippen LogP contribution < -0.4 is 0 Å². The Morgan fingerprint density at radius 3 is 2.60 bits per heavy atom. The highest BCUT2D eigenvalue weighted by atomic mass is 19.4. The smallest absolute Gasteiger partial charge is 0.324 e. The molecule has 1 N–H and O–H groups in total. The predicted molar refractivity (Wildman–Crippen MR) is 65.0 cm³/mol. The van der Waals surface area contributed by atoms with Crippen LogP contribution in [0, 0.1) is 5.92 Å². The first-order valence-corrected chi connectivity index (χ1v) is 6.60. The Morgan fingerprint density at radius 1 is 1.50 bits per heavy atom. The van der Waals surface area contributed by atoms with Crippen molar-refractivity contribution in [2.75, 3.05) is 6.54 Å². The van der Waals surface area contributed by atoms with E-state index in [1.54, 1.807) is 6.92 Å². The van der Waals surface area contributed by atoms with Crippen molar-refractivity contribution in [2.24, 2.45) is 5.92 Å². The van der Waals surface area contributed by atoms with Gasteiger partial charge < -0.3 is 4.90 Å². The van der Waals surface area contributed by atoms with Crippen LogP contribution in [0.4, 0.5) is 13.2 Å². The first-order valence-electron chi connectivity index (χ1n) is 6.60. The highest BCUT2D eigenvalue weighted by molar-refractivity contribution is 5.90. The molecule has 0 saturated heterocycles.